The van der Waals surface area contributed by atoms with Crippen molar-refractivity contribution in [2.24, 2.45) is 0 Å². The van der Waals surface area contributed by atoms with Gasteiger partial charge in [-0.2, -0.15) is 0 Å². The second-order valence-corrected chi connectivity index (χ2v) is 7.18. The molecule has 0 aromatic heterocycles. The summed E-state index contributed by atoms with van der Waals surface area (Å²) in [5, 5.41) is 27.8. The molecule has 9 nitrogen and oxygen atoms in total. The summed E-state index contributed by atoms with van der Waals surface area (Å²) < 4.78 is 31.9. The van der Waals surface area contributed by atoms with E-state index in [4.69, 9.17) is 14.9 Å². The first kappa shape index (κ1) is 20.4. The molecule has 0 aliphatic carbocycles. The first-order chi connectivity index (χ1) is 12.7. The number of rotatable bonds is 9. The van der Waals surface area contributed by atoms with Gasteiger partial charge in [-0.05, 0) is 36.4 Å². The van der Waals surface area contributed by atoms with Crippen molar-refractivity contribution in [3.05, 3.63) is 59.7 Å². The number of hydrogen-bond donors (Lipinski definition) is 4. The lowest BCUT2D eigenvalue weighted by atomic mass is 10.2. The van der Waals surface area contributed by atoms with E-state index in [0.717, 1.165) is 12.1 Å². The summed E-state index contributed by atoms with van der Waals surface area (Å²) in [4.78, 5) is 21.5. The van der Waals surface area contributed by atoms with E-state index < -0.39 is 39.5 Å². The summed E-state index contributed by atoms with van der Waals surface area (Å²) in [6.45, 7) is -0.654. The topological polar surface area (TPSA) is 150 Å². The van der Waals surface area contributed by atoms with E-state index in [1.54, 1.807) is 0 Å². The molecule has 0 aliphatic heterocycles. The number of aliphatic hydroxyl groups is 1. The predicted octanol–water partition coefficient (Wildman–Crippen LogP) is 0.801. The predicted molar refractivity (Wildman–Crippen MR) is 93.5 cm³/mol. The lowest BCUT2D eigenvalue weighted by Crippen LogP contribution is -2.35. The van der Waals surface area contributed by atoms with Crippen molar-refractivity contribution in [1.29, 1.82) is 0 Å². The molecule has 0 heterocycles. The van der Waals surface area contributed by atoms with Gasteiger partial charge in [0.05, 0.1) is 16.0 Å². The first-order valence-corrected chi connectivity index (χ1v) is 9.15. The van der Waals surface area contributed by atoms with Crippen LogP contribution in [0.15, 0.2) is 53.4 Å². The van der Waals surface area contributed by atoms with Crippen LogP contribution in [-0.4, -0.2) is 54.9 Å². The highest BCUT2D eigenvalue weighted by molar-refractivity contribution is 7.89. The Morgan fingerprint density at radius 2 is 1.63 bits per heavy atom. The smallest absolute Gasteiger partial charge is 0.337 e. The molecule has 0 radical (unpaired) electrons. The molecule has 1 unspecified atom stereocenters. The Labute approximate surface area is 154 Å². The summed E-state index contributed by atoms with van der Waals surface area (Å²) in [6.07, 6.45) is -1.21. The summed E-state index contributed by atoms with van der Waals surface area (Å²) in [6, 6.07) is 10.6. The number of benzene rings is 2. The van der Waals surface area contributed by atoms with Gasteiger partial charge in [-0.1, -0.05) is 12.1 Å². The number of ether oxygens (including phenoxy) is 1. The molecule has 0 aliphatic rings. The molecule has 0 amide bonds. The standard InChI is InChI=1S/C17H17NO8S/c19-12(10-26-13-7-5-11(6-8-13)16(20)21)9-18-27(24,25)15-4-2-1-3-14(15)17(22)23/h1-8,12,18-19H,9-10H2,(H,20,21)(H,22,23). The summed E-state index contributed by atoms with van der Waals surface area (Å²) in [7, 11) is -4.14. The molecule has 144 valence electrons. The fourth-order valence-corrected chi connectivity index (χ4v) is 3.38. The molecule has 0 spiro atoms. The van der Waals surface area contributed by atoms with E-state index in [1.807, 2.05) is 0 Å². The van der Waals surface area contributed by atoms with Crippen molar-refractivity contribution in [1.82, 2.24) is 4.72 Å². The lowest BCUT2D eigenvalue weighted by molar-refractivity contribution is 0.0683. The van der Waals surface area contributed by atoms with Gasteiger partial charge in [0.25, 0.3) is 0 Å². The minimum atomic E-state index is -4.14. The Hall–Kier alpha value is -2.95. The number of aliphatic hydroxyl groups excluding tert-OH is 1. The van der Waals surface area contributed by atoms with Crippen LogP contribution in [0.25, 0.3) is 0 Å². The maximum Gasteiger partial charge on any atom is 0.337 e. The van der Waals surface area contributed by atoms with Gasteiger partial charge in [-0.3, -0.25) is 0 Å². The molecular formula is C17H17NO8S. The number of nitrogens with one attached hydrogen (secondary N) is 1. The largest absolute Gasteiger partial charge is 0.491 e. The minimum absolute atomic E-state index is 0.0766. The Morgan fingerprint density at radius 3 is 2.22 bits per heavy atom. The van der Waals surface area contributed by atoms with Gasteiger partial charge in [0.15, 0.2) is 0 Å². The summed E-state index contributed by atoms with van der Waals surface area (Å²) in [5.74, 6) is -2.17. The van der Waals surface area contributed by atoms with E-state index >= 15 is 0 Å². The quantitative estimate of drug-likeness (QED) is 0.487. The molecule has 0 saturated heterocycles. The van der Waals surface area contributed by atoms with Crippen molar-refractivity contribution < 1.29 is 38.1 Å². The Bertz CT molecular complexity index is 924. The molecule has 0 saturated carbocycles. The molecule has 1 atom stereocenters. The van der Waals surface area contributed by atoms with Crippen LogP contribution in [0.2, 0.25) is 0 Å². The van der Waals surface area contributed by atoms with Crippen LogP contribution in [0.3, 0.4) is 0 Å². The third-order valence-electron chi connectivity index (χ3n) is 3.46. The number of aromatic carboxylic acids is 2. The van der Waals surface area contributed by atoms with Crippen LogP contribution in [0.4, 0.5) is 0 Å². The molecule has 27 heavy (non-hydrogen) atoms. The number of carboxylic acid groups (broad SMARTS) is 2. The van der Waals surface area contributed by atoms with E-state index in [9.17, 15) is 23.1 Å². The zero-order valence-electron chi connectivity index (χ0n) is 13.9. The number of carboxylic acids is 2. The number of hydrogen-bond acceptors (Lipinski definition) is 6. The molecule has 4 N–H and O–H groups in total. The fourth-order valence-electron chi connectivity index (χ4n) is 2.11. The van der Waals surface area contributed by atoms with E-state index in [-0.39, 0.29) is 17.7 Å². The van der Waals surface area contributed by atoms with Gasteiger partial charge in [-0.25, -0.2) is 22.7 Å². The van der Waals surface area contributed by atoms with E-state index in [1.165, 1.54) is 36.4 Å². The zero-order valence-corrected chi connectivity index (χ0v) is 14.7. The van der Waals surface area contributed by atoms with Gasteiger partial charge in [0.1, 0.15) is 18.5 Å². The third kappa shape index (κ3) is 5.51. The Balaban J connectivity index is 1.94. The van der Waals surface area contributed by atoms with Crippen LogP contribution in [-0.2, 0) is 10.0 Å². The Kier molecular flexibility index (Phi) is 6.50. The van der Waals surface area contributed by atoms with Crippen molar-refractivity contribution in [3.8, 4) is 5.75 Å². The van der Waals surface area contributed by atoms with Crippen LogP contribution in [0.1, 0.15) is 20.7 Å². The minimum Gasteiger partial charge on any atom is -0.491 e. The molecule has 0 fully saturated rings. The molecule has 0 bridgehead atoms. The highest BCUT2D eigenvalue weighted by atomic mass is 32.2. The van der Waals surface area contributed by atoms with Crippen LogP contribution in [0.5, 0.6) is 5.75 Å². The number of sulfonamides is 1. The second-order valence-electron chi connectivity index (χ2n) is 5.45. The van der Waals surface area contributed by atoms with Crippen molar-refractivity contribution in [2.45, 2.75) is 11.0 Å². The Morgan fingerprint density at radius 1 is 1.00 bits per heavy atom. The van der Waals surface area contributed by atoms with Gasteiger partial charge in [0, 0.05) is 6.54 Å². The average molecular weight is 395 g/mol. The lowest BCUT2D eigenvalue weighted by Gasteiger charge is -2.14. The van der Waals surface area contributed by atoms with Crippen molar-refractivity contribution in [3.63, 3.8) is 0 Å². The highest BCUT2D eigenvalue weighted by Crippen LogP contribution is 2.15. The van der Waals surface area contributed by atoms with Crippen LogP contribution < -0.4 is 9.46 Å². The van der Waals surface area contributed by atoms with E-state index in [2.05, 4.69) is 4.72 Å². The highest BCUT2D eigenvalue weighted by Gasteiger charge is 2.22. The maximum absolute atomic E-state index is 12.3. The molecular weight excluding hydrogens is 378 g/mol. The zero-order chi connectivity index (χ0) is 20.0. The third-order valence-corrected chi connectivity index (χ3v) is 4.94. The van der Waals surface area contributed by atoms with Gasteiger partial charge < -0.3 is 20.1 Å². The SMILES string of the molecule is O=C(O)c1ccc(OCC(O)CNS(=O)(=O)c2ccccc2C(=O)O)cc1. The molecule has 2 aromatic rings. The summed E-state index contributed by atoms with van der Waals surface area (Å²) in [5.41, 5.74) is -0.304. The number of carbonyl (C=O) groups is 2. The maximum atomic E-state index is 12.3. The molecule has 2 aromatic carbocycles. The van der Waals surface area contributed by atoms with Gasteiger partial charge >= 0.3 is 11.9 Å². The normalized spacial score (nSPS) is 12.3. The van der Waals surface area contributed by atoms with Crippen molar-refractivity contribution in [2.75, 3.05) is 13.2 Å². The van der Waals surface area contributed by atoms with Crippen LogP contribution in [0, 0.1) is 0 Å². The average Bonchev–Trinajstić information content (AvgIpc) is 2.65. The molecule has 2 rings (SSSR count). The summed E-state index contributed by atoms with van der Waals surface area (Å²) >= 11 is 0. The van der Waals surface area contributed by atoms with Crippen molar-refractivity contribution >= 4 is 22.0 Å². The van der Waals surface area contributed by atoms with Gasteiger partial charge in [-0.15, -0.1) is 0 Å². The first-order valence-electron chi connectivity index (χ1n) is 7.67. The fraction of sp³-hybridized carbons (Fsp3) is 0.176. The molecule has 10 heteroatoms. The monoisotopic (exact) mass is 395 g/mol. The van der Waals surface area contributed by atoms with E-state index in [0.29, 0.717) is 5.75 Å². The second kappa shape index (κ2) is 8.62. The van der Waals surface area contributed by atoms with Gasteiger partial charge in [0.2, 0.25) is 10.0 Å². The van der Waals surface area contributed by atoms with Crippen LogP contribution >= 0.6 is 0 Å².